The highest BCUT2D eigenvalue weighted by Gasteiger charge is 2.40. The van der Waals surface area contributed by atoms with Gasteiger partial charge in [-0.3, -0.25) is 9.59 Å². The molecule has 5 nitrogen and oxygen atoms in total. The molecule has 0 bridgehead atoms. The highest BCUT2D eigenvalue weighted by Crippen LogP contribution is 2.43. The molecule has 0 N–H and O–H groups in total. The molecule has 0 aliphatic heterocycles. The van der Waals surface area contributed by atoms with Gasteiger partial charge in [0.2, 0.25) is 0 Å². The predicted octanol–water partition coefficient (Wildman–Crippen LogP) is 4.02. The first-order valence-corrected chi connectivity index (χ1v) is 9.27. The number of allylic oxidation sites excluding steroid dienone is 2. The fourth-order valence-electron chi connectivity index (χ4n) is 3.67. The second-order valence-electron chi connectivity index (χ2n) is 6.59. The van der Waals surface area contributed by atoms with Crippen LogP contribution in [0.25, 0.3) is 5.57 Å². The minimum atomic E-state index is -0.884. The molecule has 1 aliphatic rings. The SMILES string of the molecule is CCOC(=O)C1C(=O)C=C(c2cccc(OC)c2)CC1c1ccccc1OC. The average molecular weight is 380 g/mol. The van der Waals surface area contributed by atoms with E-state index in [0.29, 0.717) is 17.9 Å². The summed E-state index contributed by atoms with van der Waals surface area (Å²) >= 11 is 0. The van der Waals surface area contributed by atoms with Crippen LogP contribution < -0.4 is 9.47 Å². The molecule has 0 aromatic heterocycles. The zero-order valence-electron chi connectivity index (χ0n) is 16.3. The summed E-state index contributed by atoms with van der Waals surface area (Å²) < 4.78 is 16.0. The summed E-state index contributed by atoms with van der Waals surface area (Å²) in [5, 5.41) is 0. The molecule has 0 fully saturated rings. The number of ketones is 1. The van der Waals surface area contributed by atoms with Crippen molar-refractivity contribution in [3.05, 3.63) is 65.7 Å². The van der Waals surface area contributed by atoms with Gasteiger partial charge in [0.15, 0.2) is 5.78 Å². The van der Waals surface area contributed by atoms with E-state index in [-0.39, 0.29) is 18.3 Å². The number of rotatable bonds is 6. The van der Waals surface area contributed by atoms with E-state index < -0.39 is 11.9 Å². The van der Waals surface area contributed by atoms with E-state index in [1.165, 1.54) is 0 Å². The van der Waals surface area contributed by atoms with Crippen LogP contribution in [0.15, 0.2) is 54.6 Å². The Bertz CT molecular complexity index is 899. The summed E-state index contributed by atoms with van der Waals surface area (Å²) in [7, 11) is 3.19. The molecule has 146 valence electrons. The lowest BCUT2D eigenvalue weighted by molar-refractivity contribution is -0.151. The Morgan fingerprint density at radius 3 is 2.57 bits per heavy atom. The van der Waals surface area contributed by atoms with Crippen LogP contribution >= 0.6 is 0 Å². The van der Waals surface area contributed by atoms with Crippen molar-refractivity contribution in [1.29, 1.82) is 0 Å². The van der Waals surface area contributed by atoms with Gasteiger partial charge < -0.3 is 14.2 Å². The fraction of sp³-hybridized carbons (Fsp3) is 0.304. The van der Waals surface area contributed by atoms with Gasteiger partial charge in [-0.2, -0.15) is 0 Å². The van der Waals surface area contributed by atoms with E-state index in [1.807, 2.05) is 48.5 Å². The minimum absolute atomic E-state index is 0.230. The molecule has 0 saturated heterocycles. The fourth-order valence-corrected chi connectivity index (χ4v) is 3.67. The van der Waals surface area contributed by atoms with Crippen molar-refractivity contribution in [2.45, 2.75) is 19.3 Å². The Kier molecular flexibility index (Phi) is 6.14. The third-order valence-corrected chi connectivity index (χ3v) is 4.98. The lowest BCUT2D eigenvalue weighted by atomic mass is 9.73. The maximum atomic E-state index is 13.0. The van der Waals surface area contributed by atoms with Crippen LogP contribution in [-0.4, -0.2) is 32.6 Å². The zero-order valence-corrected chi connectivity index (χ0v) is 16.3. The molecule has 0 radical (unpaired) electrons. The van der Waals surface area contributed by atoms with Crippen LogP contribution in [0.4, 0.5) is 0 Å². The largest absolute Gasteiger partial charge is 0.497 e. The van der Waals surface area contributed by atoms with Gasteiger partial charge in [-0.05, 0) is 54.3 Å². The van der Waals surface area contributed by atoms with Crippen LogP contribution in [-0.2, 0) is 14.3 Å². The molecule has 0 saturated carbocycles. The molecule has 2 aromatic carbocycles. The molecular weight excluding hydrogens is 356 g/mol. The summed E-state index contributed by atoms with van der Waals surface area (Å²) in [6.07, 6.45) is 2.07. The summed E-state index contributed by atoms with van der Waals surface area (Å²) in [6, 6.07) is 15.1. The second kappa shape index (κ2) is 8.74. The van der Waals surface area contributed by atoms with Gasteiger partial charge in [0.05, 0.1) is 20.8 Å². The molecule has 0 heterocycles. The van der Waals surface area contributed by atoms with Crippen molar-refractivity contribution >= 4 is 17.3 Å². The molecule has 2 aromatic rings. The quantitative estimate of drug-likeness (QED) is 0.559. The smallest absolute Gasteiger partial charge is 0.317 e. The van der Waals surface area contributed by atoms with E-state index in [2.05, 4.69) is 0 Å². The monoisotopic (exact) mass is 380 g/mol. The Hall–Kier alpha value is -3.08. The number of para-hydroxylation sites is 1. The maximum absolute atomic E-state index is 13.0. The normalized spacial score (nSPS) is 19.0. The standard InChI is InChI=1S/C23H24O5/c1-4-28-23(25)22-19(18-10-5-6-11-21(18)27-3)13-16(14-20(22)24)15-8-7-9-17(12-15)26-2/h5-12,14,19,22H,4,13H2,1-3H3. The van der Waals surface area contributed by atoms with Gasteiger partial charge in [0.1, 0.15) is 17.4 Å². The maximum Gasteiger partial charge on any atom is 0.317 e. The third kappa shape index (κ3) is 3.93. The van der Waals surface area contributed by atoms with Crippen LogP contribution in [0.3, 0.4) is 0 Å². The van der Waals surface area contributed by atoms with Gasteiger partial charge in [-0.1, -0.05) is 30.3 Å². The van der Waals surface area contributed by atoms with Gasteiger partial charge in [-0.25, -0.2) is 0 Å². The number of esters is 1. The van der Waals surface area contributed by atoms with Crippen LogP contribution in [0.1, 0.15) is 30.4 Å². The molecule has 28 heavy (non-hydrogen) atoms. The number of methoxy groups -OCH3 is 2. The predicted molar refractivity (Wildman–Crippen MR) is 106 cm³/mol. The van der Waals surface area contributed by atoms with Gasteiger partial charge >= 0.3 is 5.97 Å². The molecule has 1 aliphatic carbocycles. The van der Waals surface area contributed by atoms with Crippen LogP contribution in [0.5, 0.6) is 11.5 Å². The number of carbonyl (C=O) groups is 2. The van der Waals surface area contributed by atoms with Crippen molar-refractivity contribution < 1.29 is 23.8 Å². The van der Waals surface area contributed by atoms with Crippen molar-refractivity contribution in [1.82, 2.24) is 0 Å². The topological polar surface area (TPSA) is 61.8 Å². The number of carbonyl (C=O) groups excluding carboxylic acids is 2. The summed E-state index contributed by atoms with van der Waals surface area (Å²) in [4.78, 5) is 25.6. The third-order valence-electron chi connectivity index (χ3n) is 4.98. The molecule has 0 amide bonds. The Balaban J connectivity index is 2.07. The van der Waals surface area contributed by atoms with Crippen molar-refractivity contribution in [2.24, 2.45) is 5.92 Å². The Morgan fingerprint density at radius 2 is 1.86 bits per heavy atom. The highest BCUT2D eigenvalue weighted by atomic mass is 16.5. The Labute approximate surface area is 164 Å². The minimum Gasteiger partial charge on any atom is -0.497 e. The van der Waals surface area contributed by atoms with E-state index in [1.54, 1.807) is 27.2 Å². The first kappa shape index (κ1) is 19.7. The molecule has 0 spiro atoms. The van der Waals surface area contributed by atoms with Crippen molar-refractivity contribution in [2.75, 3.05) is 20.8 Å². The van der Waals surface area contributed by atoms with Gasteiger partial charge in [0, 0.05) is 5.92 Å². The van der Waals surface area contributed by atoms with Gasteiger partial charge in [-0.15, -0.1) is 0 Å². The number of benzene rings is 2. The first-order valence-electron chi connectivity index (χ1n) is 9.27. The number of ether oxygens (including phenoxy) is 3. The molecule has 2 unspecified atom stereocenters. The Morgan fingerprint density at radius 1 is 1.07 bits per heavy atom. The number of hydrogen-bond acceptors (Lipinski definition) is 5. The average Bonchev–Trinajstić information content (AvgIpc) is 2.73. The van der Waals surface area contributed by atoms with Crippen LogP contribution in [0, 0.1) is 5.92 Å². The first-order chi connectivity index (χ1) is 13.6. The van der Waals surface area contributed by atoms with Gasteiger partial charge in [0.25, 0.3) is 0 Å². The van der Waals surface area contributed by atoms with E-state index in [4.69, 9.17) is 14.2 Å². The highest BCUT2D eigenvalue weighted by molar-refractivity contribution is 6.10. The van der Waals surface area contributed by atoms with Crippen molar-refractivity contribution in [3.8, 4) is 11.5 Å². The summed E-state index contributed by atoms with van der Waals surface area (Å²) in [5.74, 6) is -0.629. The molecular formula is C23H24O5. The van der Waals surface area contributed by atoms with E-state index >= 15 is 0 Å². The number of hydrogen-bond donors (Lipinski definition) is 0. The van der Waals surface area contributed by atoms with Crippen LogP contribution in [0.2, 0.25) is 0 Å². The van der Waals surface area contributed by atoms with Crippen molar-refractivity contribution in [3.63, 3.8) is 0 Å². The molecule has 3 rings (SSSR count). The lowest BCUT2D eigenvalue weighted by Crippen LogP contribution is -2.34. The molecule has 5 heteroatoms. The zero-order chi connectivity index (χ0) is 20.1. The lowest BCUT2D eigenvalue weighted by Gasteiger charge is -2.30. The van der Waals surface area contributed by atoms with E-state index in [0.717, 1.165) is 16.7 Å². The summed E-state index contributed by atoms with van der Waals surface area (Å²) in [5.41, 5.74) is 2.58. The second-order valence-corrected chi connectivity index (χ2v) is 6.59. The summed E-state index contributed by atoms with van der Waals surface area (Å²) in [6.45, 7) is 1.97. The molecule has 2 atom stereocenters. The van der Waals surface area contributed by atoms with E-state index in [9.17, 15) is 9.59 Å².